The zero-order valence-electron chi connectivity index (χ0n) is 17.3. The second-order valence-corrected chi connectivity index (χ2v) is 13.4. The van der Waals surface area contributed by atoms with Crippen LogP contribution in [0.1, 0.15) is 72.1 Å². The maximum absolute atomic E-state index is 9.58. The molecule has 2 atom stereocenters. The molecule has 0 aromatic carbocycles. The van der Waals surface area contributed by atoms with Crippen molar-refractivity contribution >= 4 is 8.32 Å². The second kappa shape index (κ2) is 13.0. The van der Waals surface area contributed by atoms with Crippen molar-refractivity contribution in [2.45, 2.75) is 102 Å². The lowest BCUT2D eigenvalue weighted by Crippen LogP contribution is -2.40. The SMILES string of the molecule is CC(C)(C)[Si](C)(C)OCCCCCCCCC/C=C/[C@@H](O)[C@@H](N)CO. The van der Waals surface area contributed by atoms with E-state index in [2.05, 4.69) is 33.9 Å². The maximum atomic E-state index is 9.58. The van der Waals surface area contributed by atoms with Crippen molar-refractivity contribution in [3.05, 3.63) is 12.2 Å². The Labute approximate surface area is 157 Å². The van der Waals surface area contributed by atoms with E-state index >= 15 is 0 Å². The minimum atomic E-state index is -1.56. The van der Waals surface area contributed by atoms with Crippen LogP contribution in [-0.2, 0) is 4.43 Å². The summed E-state index contributed by atoms with van der Waals surface area (Å²) in [7, 11) is -1.56. The largest absolute Gasteiger partial charge is 0.417 e. The summed E-state index contributed by atoms with van der Waals surface area (Å²) < 4.78 is 6.20. The molecule has 0 bridgehead atoms. The Morgan fingerprint density at radius 2 is 1.52 bits per heavy atom. The topological polar surface area (TPSA) is 75.7 Å². The maximum Gasteiger partial charge on any atom is 0.191 e. The summed E-state index contributed by atoms with van der Waals surface area (Å²) in [6.45, 7) is 12.2. The van der Waals surface area contributed by atoms with Crippen molar-refractivity contribution in [1.29, 1.82) is 0 Å². The monoisotopic (exact) mass is 373 g/mol. The molecular weight excluding hydrogens is 330 g/mol. The van der Waals surface area contributed by atoms with Gasteiger partial charge < -0.3 is 20.4 Å². The Morgan fingerprint density at radius 1 is 1.00 bits per heavy atom. The van der Waals surface area contributed by atoms with Gasteiger partial charge in [-0.25, -0.2) is 0 Å². The van der Waals surface area contributed by atoms with Gasteiger partial charge in [0.25, 0.3) is 0 Å². The van der Waals surface area contributed by atoms with Crippen molar-refractivity contribution in [3.8, 4) is 0 Å². The molecule has 0 saturated carbocycles. The van der Waals surface area contributed by atoms with Crippen LogP contribution in [0.4, 0.5) is 0 Å². The molecule has 0 aliphatic heterocycles. The van der Waals surface area contributed by atoms with E-state index in [0.29, 0.717) is 5.04 Å². The summed E-state index contributed by atoms with van der Waals surface area (Å²) in [5, 5.41) is 18.7. The zero-order valence-corrected chi connectivity index (χ0v) is 18.3. The fraction of sp³-hybridized carbons (Fsp3) is 0.900. The second-order valence-electron chi connectivity index (χ2n) is 8.64. The molecule has 0 amide bonds. The molecule has 25 heavy (non-hydrogen) atoms. The molecule has 5 heteroatoms. The van der Waals surface area contributed by atoms with Crippen molar-refractivity contribution in [1.82, 2.24) is 0 Å². The Bertz CT molecular complexity index is 353. The van der Waals surface area contributed by atoms with Crippen LogP contribution in [0.5, 0.6) is 0 Å². The molecule has 0 aliphatic rings. The van der Waals surface area contributed by atoms with Gasteiger partial charge in [-0.05, 0) is 37.4 Å². The minimum absolute atomic E-state index is 0.188. The molecule has 0 aliphatic carbocycles. The molecule has 0 spiro atoms. The first-order chi connectivity index (χ1) is 11.6. The van der Waals surface area contributed by atoms with Crippen LogP contribution < -0.4 is 5.73 Å². The predicted octanol–water partition coefficient (Wildman–Crippen LogP) is 4.37. The third-order valence-corrected chi connectivity index (χ3v) is 9.81. The number of aliphatic hydroxyl groups excluding tert-OH is 2. The molecule has 150 valence electrons. The van der Waals surface area contributed by atoms with Gasteiger partial charge in [0, 0.05) is 6.61 Å². The van der Waals surface area contributed by atoms with Gasteiger partial charge in [0.1, 0.15) is 0 Å². The Hall–Kier alpha value is -0.203. The van der Waals surface area contributed by atoms with E-state index in [0.717, 1.165) is 19.4 Å². The molecule has 0 heterocycles. The molecule has 0 fully saturated rings. The molecule has 0 unspecified atom stereocenters. The van der Waals surface area contributed by atoms with Gasteiger partial charge >= 0.3 is 0 Å². The third kappa shape index (κ3) is 11.9. The first kappa shape index (κ1) is 24.8. The van der Waals surface area contributed by atoms with Crippen LogP contribution in [-0.4, -0.2) is 43.9 Å². The average molecular weight is 374 g/mol. The highest BCUT2D eigenvalue weighted by atomic mass is 28.4. The minimum Gasteiger partial charge on any atom is -0.417 e. The van der Waals surface area contributed by atoms with Gasteiger partial charge in [-0.2, -0.15) is 0 Å². The van der Waals surface area contributed by atoms with Crippen molar-refractivity contribution in [3.63, 3.8) is 0 Å². The fourth-order valence-corrected chi connectivity index (χ4v) is 3.37. The number of unbranched alkanes of at least 4 members (excludes halogenated alkanes) is 7. The van der Waals surface area contributed by atoms with Gasteiger partial charge in [0.05, 0.1) is 18.8 Å². The highest BCUT2D eigenvalue weighted by Gasteiger charge is 2.36. The van der Waals surface area contributed by atoms with E-state index in [1.165, 1.54) is 38.5 Å². The number of aliphatic hydroxyl groups is 2. The molecule has 0 aromatic rings. The van der Waals surface area contributed by atoms with E-state index in [9.17, 15) is 5.11 Å². The first-order valence-electron chi connectivity index (χ1n) is 9.97. The van der Waals surface area contributed by atoms with Crippen LogP contribution in [0.2, 0.25) is 18.1 Å². The first-order valence-corrected chi connectivity index (χ1v) is 12.9. The molecule has 4 N–H and O–H groups in total. The predicted molar refractivity (Wildman–Crippen MR) is 110 cm³/mol. The summed E-state index contributed by atoms with van der Waals surface area (Å²) in [5.41, 5.74) is 5.53. The van der Waals surface area contributed by atoms with Crippen LogP contribution in [0.25, 0.3) is 0 Å². The van der Waals surface area contributed by atoms with E-state index in [-0.39, 0.29) is 6.61 Å². The lowest BCUT2D eigenvalue weighted by atomic mass is 10.1. The normalized spacial score (nSPS) is 15.7. The molecule has 0 saturated heterocycles. The van der Waals surface area contributed by atoms with E-state index < -0.39 is 20.5 Å². The van der Waals surface area contributed by atoms with E-state index in [4.69, 9.17) is 15.3 Å². The summed E-state index contributed by atoms with van der Waals surface area (Å²) in [6, 6.07) is -0.572. The number of nitrogens with two attached hydrogens (primary N) is 1. The average Bonchev–Trinajstić information content (AvgIpc) is 2.53. The standard InChI is InChI=1S/C20H43NO3Si/c1-20(2,3)25(4,5)24-16-14-12-10-8-6-7-9-11-13-15-19(23)18(21)17-22/h13,15,18-19,22-23H,6-12,14,16-17,21H2,1-5H3/b15-13+/t18-,19+/m0/s1. The van der Waals surface area contributed by atoms with Gasteiger partial charge in [-0.3, -0.25) is 0 Å². The smallest absolute Gasteiger partial charge is 0.191 e. The van der Waals surface area contributed by atoms with Crippen LogP contribution in [0.15, 0.2) is 12.2 Å². The number of hydrogen-bond donors (Lipinski definition) is 3. The molecular formula is C20H43NO3Si. The van der Waals surface area contributed by atoms with E-state index in [1.807, 2.05) is 6.08 Å². The van der Waals surface area contributed by atoms with Crippen LogP contribution in [0, 0.1) is 0 Å². The number of hydrogen-bond acceptors (Lipinski definition) is 4. The number of rotatable bonds is 14. The van der Waals surface area contributed by atoms with Gasteiger partial charge in [-0.1, -0.05) is 65.0 Å². The van der Waals surface area contributed by atoms with Crippen LogP contribution in [0.3, 0.4) is 0 Å². The van der Waals surface area contributed by atoms with Gasteiger partial charge in [0.15, 0.2) is 8.32 Å². The summed E-state index contributed by atoms with van der Waals surface area (Å²) in [5.74, 6) is 0. The van der Waals surface area contributed by atoms with Gasteiger partial charge in [-0.15, -0.1) is 0 Å². The molecule has 0 rings (SSSR count). The van der Waals surface area contributed by atoms with Gasteiger partial charge in [0.2, 0.25) is 0 Å². The summed E-state index contributed by atoms with van der Waals surface area (Å²) in [6.07, 6.45) is 12.6. The lowest BCUT2D eigenvalue weighted by molar-refractivity contribution is 0.144. The quantitative estimate of drug-likeness (QED) is 0.240. The molecule has 4 nitrogen and oxygen atoms in total. The molecule has 0 aromatic heterocycles. The summed E-state index contributed by atoms with van der Waals surface area (Å²) >= 11 is 0. The fourth-order valence-electron chi connectivity index (χ4n) is 2.28. The third-order valence-electron chi connectivity index (χ3n) is 5.27. The van der Waals surface area contributed by atoms with Crippen molar-refractivity contribution in [2.75, 3.05) is 13.2 Å². The summed E-state index contributed by atoms with van der Waals surface area (Å²) in [4.78, 5) is 0. The number of allylic oxidation sites excluding steroid dienone is 1. The van der Waals surface area contributed by atoms with E-state index in [1.54, 1.807) is 6.08 Å². The zero-order chi connectivity index (χ0) is 19.3. The Balaban J connectivity index is 3.47. The Morgan fingerprint density at radius 3 is 2.04 bits per heavy atom. The molecule has 0 radical (unpaired) electrons. The van der Waals surface area contributed by atoms with Crippen LogP contribution >= 0.6 is 0 Å². The van der Waals surface area contributed by atoms with Crippen molar-refractivity contribution in [2.24, 2.45) is 5.73 Å². The Kier molecular flexibility index (Phi) is 12.9. The highest BCUT2D eigenvalue weighted by molar-refractivity contribution is 6.74. The lowest BCUT2D eigenvalue weighted by Gasteiger charge is -2.36. The highest BCUT2D eigenvalue weighted by Crippen LogP contribution is 2.36. The van der Waals surface area contributed by atoms with Crippen molar-refractivity contribution < 1.29 is 14.6 Å².